The molecule has 1 aliphatic heterocycles. The zero-order chi connectivity index (χ0) is 21.9. The van der Waals surface area contributed by atoms with E-state index in [9.17, 15) is 9.59 Å². The van der Waals surface area contributed by atoms with Crippen molar-refractivity contribution in [2.45, 2.75) is 15.5 Å². The number of hydrogen-bond donors (Lipinski definition) is 1. The third kappa shape index (κ3) is 3.37. The molecule has 5 nitrogen and oxygen atoms in total. The molecule has 3 aromatic rings. The molecule has 1 fully saturated rings. The standard InChI is InChI=1S/C25H23NO4S/c1-29-22(27)21(26-20-16-10-5-11-17-20)25(23(28)30-2)24(31-25,18-12-6-3-7-13-18)19-14-8-4-9-15-19/h3-17,21,26H,1-2H3. The highest BCUT2D eigenvalue weighted by Gasteiger charge is 2.81. The summed E-state index contributed by atoms with van der Waals surface area (Å²) in [6, 6.07) is 27.8. The first-order valence-corrected chi connectivity index (χ1v) is 10.7. The molecule has 158 valence electrons. The molecule has 0 aromatic heterocycles. The van der Waals surface area contributed by atoms with Crippen molar-refractivity contribution in [2.24, 2.45) is 0 Å². The Kier molecular flexibility index (Phi) is 5.74. The normalized spacial score (nSPS) is 19.7. The van der Waals surface area contributed by atoms with Gasteiger partial charge in [-0.05, 0) is 23.3 Å². The Morgan fingerprint density at radius 3 is 1.71 bits per heavy atom. The summed E-state index contributed by atoms with van der Waals surface area (Å²) in [6.07, 6.45) is 0. The first-order valence-electron chi connectivity index (χ1n) is 9.89. The highest BCUT2D eigenvalue weighted by atomic mass is 32.2. The van der Waals surface area contributed by atoms with Crippen molar-refractivity contribution in [2.75, 3.05) is 19.5 Å². The predicted molar refractivity (Wildman–Crippen MR) is 122 cm³/mol. The van der Waals surface area contributed by atoms with Crippen LogP contribution in [-0.2, 0) is 23.8 Å². The van der Waals surface area contributed by atoms with Crippen LogP contribution in [0.4, 0.5) is 5.69 Å². The van der Waals surface area contributed by atoms with Crippen molar-refractivity contribution in [3.05, 3.63) is 102 Å². The average molecular weight is 434 g/mol. The highest BCUT2D eigenvalue weighted by molar-refractivity contribution is 8.10. The van der Waals surface area contributed by atoms with Crippen molar-refractivity contribution in [1.82, 2.24) is 0 Å². The lowest BCUT2D eigenvalue weighted by atomic mass is 9.76. The summed E-state index contributed by atoms with van der Waals surface area (Å²) in [5.41, 5.74) is 2.55. The van der Waals surface area contributed by atoms with E-state index in [2.05, 4.69) is 5.32 Å². The summed E-state index contributed by atoms with van der Waals surface area (Å²) < 4.78 is 8.36. The van der Waals surface area contributed by atoms with Gasteiger partial charge in [-0.3, -0.25) is 4.79 Å². The number of esters is 2. The van der Waals surface area contributed by atoms with Crippen molar-refractivity contribution in [3.8, 4) is 0 Å². The van der Waals surface area contributed by atoms with Gasteiger partial charge in [0.15, 0.2) is 10.8 Å². The minimum absolute atomic E-state index is 0.482. The van der Waals surface area contributed by atoms with Gasteiger partial charge in [-0.2, -0.15) is 0 Å². The Hall–Kier alpha value is -3.25. The lowest BCUT2D eigenvalue weighted by Crippen LogP contribution is -2.52. The van der Waals surface area contributed by atoms with Gasteiger partial charge in [0, 0.05) is 5.69 Å². The van der Waals surface area contributed by atoms with Crippen LogP contribution in [-0.4, -0.2) is 36.9 Å². The molecular weight excluding hydrogens is 410 g/mol. The fourth-order valence-corrected chi connectivity index (χ4v) is 5.95. The van der Waals surface area contributed by atoms with Gasteiger partial charge in [-0.25, -0.2) is 4.79 Å². The first kappa shape index (κ1) is 21.0. The van der Waals surface area contributed by atoms with Crippen LogP contribution < -0.4 is 5.32 Å². The molecule has 4 rings (SSSR count). The average Bonchev–Trinajstić information content (AvgIpc) is 3.55. The van der Waals surface area contributed by atoms with Crippen LogP contribution in [0, 0.1) is 0 Å². The molecule has 3 aromatic carbocycles. The maximum absolute atomic E-state index is 13.4. The van der Waals surface area contributed by atoms with Crippen LogP contribution in [0.15, 0.2) is 91.0 Å². The SMILES string of the molecule is COC(=O)C(Nc1ccccc1)C1(C(=O)OC)SC1(c1ccccc1)c1ccccc1. The molecule has 2 unspecified atom stereocenters. The number of hydrogen-bond acceptors (Lipinski definition) is 6. The third-order valence-corrected chi connectivity index (χ3v) is 7.50. The van der Waals surface area contributed by atoms with E-state index in [-0.39, 0.29) is 0 Å². The summed E-state index contributed by atoms with van der Waals surface area (Å²) >= 11 is 1.40. The molecule has 0 bridgehead atoms. The molecule has 1 N–H and O–H groups in total. The molecule has 31 heavy (non-hydrogen) atoms. The second kappa shape index (κ2) is 8.47. The smallest absolute Gasteiger partial charge is 0.330 e. The minimum atomic E-state index is -1.26. The van der Waals surface area contributed by atoms with Crippen molar-refractivity contribution in [1.29, 1.82) is 0 Å². The summed E-state index contributed by atoms with van der Waals surface area (Å²) in [7, 11) is 2.67. The molecule has 0 spiro atoms. The first-order chi connectivity index (χ1) is 15.1. The number of benzene rings is 3. The molecule has 0 aliphatic carbocycles. The number of anilines is 1. The zero-order valence-corrected chi connectivity index (χ0v) is 18.1. The Bertz CT molecular complexity index is 1020. The maximum atomic E-state index is 13.4. The summed E-state index contributed by atoms with van der Waals surface area (Å²) in [6.45, 7) is 0. The molecule has 0 amide bonds. The van der Waals surface area contributed by atoms with Gasteiger partial charge >= 0.3 is 11.9 Å². The molecular formula is C25H23NO4S. The van der Waals surface area contributed by atoms with E-state index >= 15 is 0 Å². The molecule has 2 atom stereocenters. The molecule has 1 saturated heterocycles. The number of carbonyl (C=O) groups is 2. The number of ether oxygens (including phenoxy) is 2. The van der Waals surface area contributed by atoms with Crippen LogP contribution in [0.5, 0.6) is 0 Å². The van der Waals surface area contributed by atoms with Gasteiger partial charge in [0.1, 0.15) is 0 Å². The van der Waals surface area contributed by atoms with Crippen LogP contribution in [0.1, 0.15) is 11.1 Å². The van der Waals surface area contributed by atoms with Crippen molar-refractivity contribution < 1.29 is 19.1 Å². The van der Waals surface area contributed by atoms with E-state index in [4.69, 9.17) is 9.47 Å². The van der Waals surface area contributed by atoms with Gasteiger partial charge in [0.25, 0.3) is 0 Å². The van der Waals surface area contributed by atoms with Gasteiger partial charge in [-0.15, -0.1) is 11.8 Å². The van der Waals surface area contributed by atoms with Crippen LogP contribution in [0.3, 0.4) is 0 Å². The maximum Gasteiger partial charge on any atom is 0.330 e. The molecule has 0 saturated carbocycles. The van der Waals surface area contributed by atoms with Crippen LogP contribution in [0.2, 0.25) is 0 Å². The van der Waals surface area contributed by atoms with Gasteiger partial charge in [-0.1, -0.05) is 78.9 Å². The lowest BCUT2D eigenvalue weighted by molar-refractivity contribution is -0.150. The molecule has 1 aliphatic rings. The fourth-order valence-electron chi connectivity index (χ4n) is 4.14. The predicted octanol–water partition coefficient (Wildman–Crippen LogP) is 4.24. The summed E-state index contributed by atoms with van der Waals surface area (Å²) in [5.74, 6) is -1.01. The van der Waals surface area contributed by atoms with Crippen molar-refractivity contribution in [3.63, 3.8) is 0 Å². The largest absolute Gasteiger partial charge is 0.468 e. The number of carbonyl (C=O) groups excluding carboxylic acids is 2. The topological polar surface area (TPSA) is 64.6 Å². The van der Waals surface area contributed by atoms with Crippen LogP contribution in [0.25, 0.3) is 0 Å². The second-order valence-electron chi connectivity index (χ2n) is 7.21. The number of rotatable bonds is 7. The quantitative estimate of drug-likeness (QED) is 0.444. The van der Waals surface area contributed by atoms with E-state index in [1.807, 2.05) is 91.0 Å². The van der Waals surface area contributed by atoms with E-state index in [0.29, 0.717) is 5.69 Å². The Balaban J connectivity index is 1.92. The van der Waals surface area contributed by atoms with E-state index in [0.717, 1.165) is 11.1 Å². The second-order valence-corrected chi connectivity index (χ2v) is 8.67. The Morgan fingerprint density at radius 2 is 1.26 bits per heavy atom. The summed E-state index contributed by atoms with van der Waals surface area (Å²) in [5, 5.41) is 3.25. The number of nitrogens with one attached hydrogen (secondary N) is 1. The van der Waals surface area contributed by atoms with Gasteiger partial charge in [0.2, 0.25) is 0 Å². The van der Waals surface area contributed by atoms with Gasteiger partial charge < -0.3 is 14.8 Å². The molecule has 0 radical (unpaired) electrons. The van der Waals surface area contributed by atoms with Crippen LogP contribution >= 0.6 is 11.8 Å². The Labute approximate surface area is 185 Å². The number of para-hydroxylation sites is 1. The highest BCUT2D eigenvalue weighted by Crippen LogP contribution is 2.75. The lowest BCUT2D eigenvalue weighted by Gasteiger charge is -2.29. The van der Waals surface area contributed by atoms with E-state index < -0.39 is 27.5 Å². The number of methoxy groups -OCH3 is 2. The Morgan fingerprint density at radius 1 is 0.774 bits per heavy atom. The minimum Gasteiger partial charge on any atom is -0.468 e. The van der Waals surface area contributed by atoms with Gasteiger partial charge in [0.05, 0.1) is 19.0 Å². The summed E-state index contributed by atoms with van der Waals surface area (Å²) in [4.78, 5) is 26.5. The fraction of sp³-hybridized carbons (Fsp3) is 0.200. The van der Waals surface area contributed by atoms with Crippen molar-refractivity contribution >= 4 is 29.4 Å². The van der Waals surface area contributed by atoms with E-state index in [1.54, 1.807) is 0 Å². The zero-order valence-electron chi connectivity index (χ0n) is 17.3. The van der Waals surface area contributed by atoms with E-state index in [1.165, 1.54) is 26.0 Å². The molecule has 1 heterocycles. The number of thioether (sulfide) groups is 1. The monoisotopic (exact) mass is 433 g/mol. The third-order valence-electron chi connectivity index (χ3n) is 5.57. The molecule has 6 heteroatoms.